The third kappa shape index (κ3) is 2.29. The lowest BCUT2D eigenvalue weighted by Gasteiger charge is -2.18. The molecule has 8 nitrogen and oxygen atoms in total. The minimum atomic E-state index is -0.556. The summed E-state index contributed by atoms with van der Waals surface area (Å²) in [4.78, 5) is 12.5. The normalized spacial score (nSPS) is 14.1. The zero-order valence-electron chi connectivity index (χ0n) is 15.6. The molecular weight excluding hydrogens is 380 g/mol. The smallest absolute Gasteiger partial charge is 0.339 e. The summed E-state index contributed by atoms with van der Waals surface area (Å²) in [6, 6.07) is 6.87. The van der Waals surface area contributed by atoms with Crippen molar-refractivity contribution < 1.29 is 38.7 Å². The first-order valence-corrected chi connectivity index (χ1v) is 8.77. The number of carbonyl (C=O) groups excluding carboxylic acids is 1. The molecule has 8 heteroatoms. The van der Waals surface area contributed by atoms with Gasteiger partial charge in [0.25, 0.3) is 0 Å². The molecule has 0 aromatic heterocycles. The Balaban J connectivity index is 1.94. The fourth-order valence-corrected chi connectivity index (χ4v) is 3.89. The van der Waals surface area contributed by atoms with E-state index in [1.54, 1.807) is 24.3 Å². The average Bonchev–Trinajstić information content (AvgIpc) is 3.34. The van der Waals surface area contributed by atoms with Crippen LogP contribution in [0, 0.1) is 0 Å². The number of aromatic hydroxyl groups is 2. The second-order valence-electron chi connectivity index (χ2n) is 6.60. The molecule has 2 heterocycles. The first-order valence-electron chi connectivity index (χ1n) is 8.77. The van der Waals surface area contributed by atoms with Crippen LogP contribution >= 0.6 is 0 Å². The van der Waals surface area contributed by atoms with Crippen LogP contribution in [0.3, 0.4) is 0 Å². The Kier molecular flexibility index (Phi) is 3.64. The van der Waals surface area contributed by atoms with Crippen LogP contribution in [0.25, 0.3) is 21.9 Å². The molecule has 3 aromatic carbocycles. The molecule has 2 aliphatic heterocycles. The molecular formula is C21H16O8. The van der Waals surface area contributed by atoms with Gasteiger partial charge in [0, 0.05) is 16.5 Å². The fraction of sp³-hybridized carbons (Fsp3) is 0.190. The maximum atomic E-state index is 12.5. The van der Waals surface area contributed by atoms with Crippen LogP contribution in [0.2, 0.25) is 0 Å². The quantitative estimate of drug-likeness (QED) is 0.650. The number of fused-ring (bicyclic) bond motifs is 3. The Morgan fingerprint density at radius 2 is 1.72 bits per heavy atom. The van der Waals surface area contributed by atoms with Crippen molar-refractivity contribution in [3.63, 3.8) is 0 Å². The highest BCUT2D eigenvalue weighted by atomic mass is 16.7. The van der Waals surface area contributed by atoms with Gasteiger partial charge in [0.05, 0.1) is 25.2 Å². The Bertz CT molecular complexity index is 1200. The summed E-state index contributed by atoms with van der Waals surface area (Å²) in [7, 11) is 2.82. The fourth-order valence-electron chi connectivity index (χ4n) is 3.89. The maximum Gasteiger partial charge on any atom is 0.339 e. The molecule has 0 saturated heterocycles. The van der Waals surface area contributed by atoms with E-state index in [9.17, 15) is 15.0 Å². The molecule has 2 aliphatic rings. The standard InChI is InChI=1S/C21H16O8/c1-25-14-6-10-15(9-3-4-12-13(5-9)29-8-28-12)16-11(7-27-21(16)24)18(22)17(10)19(23)20(14)26-2/h3-6,22-23H,7-8H2,1-2H3. The number of esters is 1. The summed E-state index contributed by atoms with van der Waals surface area (Å²) in [5.74, 6) is 0.389. The Morgan fingerprint density at radius 3 is 2.48 bits per heavy atom. The number of phenols is 2. The van der Waals surface area contributed by atoms with Crippen LogP contribution in [0.5, 0.6) is 34.5 Å². The number of cyclic esters (lactones) is 1. The number of hydrogen-bond donors (Lipinski definition) is 2. The Morgan fingerprint density at radius 1 is 0.931 bits per heavy atom. The SMILES string of the molecule is COc1cc2c(-c3ccc4c(c3)OCO4)c3c(c(O)c2c(O)c1OC)COC3=O. The first-order chi connectivity index (χ1) is 14.0. The lowest BCUT2D eigenvalue weighted by Crippen LogP contribution is -2.00. The van der Waals surface area contributed by atoms with E-state index in [1.165, 1.54) is 14.2 Å². The molecule has 2 N–H and O–H groups in total. The number of phenolic OH excluding ortho intramolecular Hbond substituents is 2. The molecule has 0 radical (unpaired) electrons. The molecule has 0 aliphatic carbocycles. The zero-order valence-corrected chi connectivity index (χ0v) is 15.6. The molecule has 0 spiro atoms. The summed E-state index contributed by atoms with van der Waals surface area (Å²) in [5, 5.41) is 22.2. The molecule has 148 valence electrons. The van der Waals surface area contributed by atoms with E-state index in [1.807, 2.05) is 0 Å². The van der Waals surface area contributed by atoms with E-state index >= 15 is 0 Å². The molecule has 0 unspecified atom stereocenters. The van der Waals surface area contributed by atoms with Crippen LogP contribution in [0.4, 0.5) is 0 Å². The Labute approximate surface area is 164 Å². The van der Waals surface area contributed by atoms with Crippen LogP contribution in [0.1, 0.15) is 15.9 Å². The highest BCUT2D eigenvalue weighted by Gasteiger charge is 2.34. The van der Waals surface area contributed by atoms with Gasteiger partial charge in [-0.25, -0.2) is 4.79 Å². The molecule has 3 aromatic rings. The van der Waals surface area contributed by atoms with Gasteiger partial charge < -0.3 is 33.9 Å². The van der Waals surface area contributed by atoms with Gasteiger partial charge >= 0.3 is 5.97 Å². The molecule has 0 fully saturated rings. The van der Waals surface area contributed by atoms with E-state index in [-0.39, 0.29) is 47.3 Å². The van der Waals surface area contributed by atoms with E-state index in [0.29, 0.717) is 33.6 Å². The van der Waals surface area contributed by atoms with Gasteiger partial charge in [-0.2, -0.15) is 0 Å². The lowest BCUT2D eigenvalue weighted by atomic mass is 9.89. The molecule has 0 atom stereocenters. The highest BCUT2D eigenvalue weighted by molar-refractivity contribution is 6.15. The number of benzene rings is 3. The van der Waals surface area contributed by atoms with Crippen molar-refractivity contribution in [2.24, 2.45) is 0 Å². The minimum absolute atomic E-state index is 0.0807. The van der Waals surface area contributed by atoms with Gasteiger partial charge in [-0.05, 0) is 23.8 Å². The molecule has 5 rings (SSSR count). The maximum absolute atomic E-state index is 12.5. The minimum Gasteiger partial charge on any atom is -0.507 e. The largest absolute Gasteiger partial charge is 0.507 e. The van der Waals surface area contributed by atoms with Crippen LogP contribution in [-0.2, 0) is 11.3 Å². The Hall–Kier alpha value is -3.81. The molecule has 29 heavy (non-hydrogen) atoms. The number of ether oxygens (including phenoxy) is 5. The van der Waals surface area contributed by atoms with E-state index in [4.69, 9.17) is 23.7 Å². The van der Waals surface area contributed by atoms with Crippen molar-refractivity contribution >= 4 is 16.7 Å². The predicted molar refractivity (Wildman–Crippen MR) is 101 cm³/mol. The van der Waals surface area contributed by atoms with Gasteiger partial charge in [-0.15, -0.1) is 0 Å². The summed E-state index contributed by atoms with van der Waals surface area (Å²) in [5.41, 5.74) is 1.67. The second-order valence-corrected chi connectivity index (χ2v) is 6.60. The van der Waals surface area contributed by atoms with Crippen molar-refractivity contribution in [3.05, 3.63) is 35.4 Å². The number of methoxy groups -OCH3 is 2. The number of rotatable bonds is 3. The lowest BCUT2D eigenvalue weighted by molar-refractivity contribution is 0.0535. The van der Waals surface area contributed by atoms with Crippen molar-refractivity contribution in [2.75, 3.05) is 21.0 Å². The second kappa shape index (κ2) is 6.10. The first kappa shape index (κ1) is 17.3. The number of hydrogen-bond acceptors (Lipinski definition) is 8. The van der Waals surface area contributed by atoms with Crippen LogP contribution in [0.15, 0.2) is 24.3 Å². The predicted octanol–water partition coefficient (Wildman–Crippen LogP) is 3.33. The van der Waals surface area contributed by atoms with Crippen LogP contribution < -0.4 is 18.9 Å². The van der Waals surface area contributed by atoms with E-state index < -0.39 is 5.97 Å². The van der Waals surface area contributed by atoms with Crippen molar-refractivity contribution in [3.8, 4) is 45.6 Å². The monoisotopic (exact) mass is 396 g/mol. The third-order valence-corrected chi connectivity index (χ3v) is 5.20. The van der Waals surface area contributed by atoms with Gasteiger partial charge in [-0.3, -0.25) is 0 Å². The summed E-state index contributed by atoms with van der Waals surface area (Å²) < 4.78 is 26.6. The molecule has 0 amide bonds. The van der Waals surface area contributed by atoms with Gasteiger partial charge in [0.15, 0.2) is 23.0 Å². The highest BCUT2D eigenvalue weighted by Crippen LogP contribution is 2.53. The zero-order chi connectivity index (χ0) is 20.3. The van der Waals surface area contributed by atoms with Crippen LogP contribution in [-0.4, -0.2) is 37.2 Å². The van der Waals surface area contributed by atoms with Gasteiger partial charge in [0.2, 0.25) is 12.5 Å². The third-order valence-electron chi connectivity index (χ3n) is 5.20. The van der Waals surface area contributed by atoms with Gasteiger partial charge in [0.1, 0.15) is 12.4 Å². The topological polar surface area (TPSA) is 104 Å². The van der Waals surface area contributed by atoms with E-state index in [2.05, 4.69) is 0 Å². The average molecular weight is 396 g/mol. The molecule has 0 saturated carbocycles. The number of carbonyl (C=O) groups is 1. The summed E-state index contributed by atoms with van der Waals surface area (Å²) in [6.07, 6.45) is 0. The van der Waals surface area contributed by atoms with E-state index in [0.717, 1.165) is 0 Å². The van der Waals surface area contributed by atoms with Crippen molar-refractivity contribution in [1.29, 1.82) is 0 Å². The summed E-state index contributed by atoms with van der Waals surface area (Å²) >= 11 is 0. The van der Waals surface area contributed by atoms with Crippen molar-refractivity contribution in [1.82, 2.24) is 0 Å². The summed E-state index contributed by atoms with van der Waals surface area (Å²) in [6.45, 7) is 0.0162. The van der Waals surface area contributed by atoms with Crippen molar-refractivity contribution in [2.45, 2.75) is 6.61 Å². The molecule has 0 bridgehead atoms. The van der Waals surface area contributed by atoms with Gasteiger partial charge in [-0.1, -0.05) is 6.07 Å².